The van der Waals surface area contributed by atoms with Crippen LogP contribution in [0, 0.1) is 0 Å². The number of rotatable bonds is 11. The van der Waals surface area contributed by atoms with Crippen molar-refractivity contribution in [1.29, 1.82) is 0 Å². The van der Waals surface area contributed by atoms with Crippen LogP contribution in [0.3, 0.4) is 0 Å². The first-order valence-corrected chi connectivity index (χ1v) is 12.3. The molecule has 35 heavy (non-hydrogen) atoms. The summed E-state index contributed by atoms with van der Waals surface area (Å²) in [6.07, 6.45) is 2.88. The van der Waals surface area contributed by atoms with E-state index < -0.39 is 0 Å². The van der Waals surface area contributed by atoms with Gasteiger partial charge in [0.1, 0.15) is 11.3 Å². The molecule has 2 aromatic rings. The smallest absolute Gasteiger partial charge is 0.274 e. The van der Waals surface area contributed by atoms with E-state index >= 15 is 0 Å². The van der Waals surface area contributed by atoms with Gasteiger partial charge in [-0.15, -0.1) is 0 Å². The van der Waals surface area contributed by atoms with Crippen molar-refractivity contribution in [1.82, 2.24) is 20.1 Å². The fraction of sp³-hybridized carbons (Fsp3) is 0.481. The quantitative estimate of drug-likeness (QED) is 0.334. The van der Waals surface area contributed by atoms with Gasteiger partial charge in [-0.25, -0.2) is 0 Å². The van der Waals surface area contributed by atoms with Gasteiger partial charge in [0, 0.05) is 38.9 Å². The Morgan fingerprint density at radius 3 is 2.37 bits per heavy atom. The first kappa shape index (κ1) is 26.7. The number of anilines is 2. The number of ether oxygens (including phenoxy) is 1. The van der Waals surface area contributed by atoms with Crippen molar-refractivity contribution >= 4 is 17.3 Å². The van der Waals surface area contributed by atoms with E-state index in [1.54, 1.807) is 12.3 Å². The molecular weight excluding hydrogens is 440 g/mol. The lowest BCUT2D eigenvalue weighted by atomic mass is 10.2. The molecule has 0 radical (unpaired) electrons. The van der Waals surface area contributed by atoms with Gasteiger partial charge in [0.15, 0.2) is 5.88 Å². The van der Waals surface area contributed by atoms with E-state index in [-0.39, 0.29) is 11.5 Å². The number of para-hydroxylation sites is 2. The molecule has 1 aromatic heterocycles. The Balaban J connectivity index is 1.44. The highest BCUT2D eigenvalue weighted by Gasteiger charge is 2.15. The minimum atomic E-state index is -0.368. The molecule has 0 unspecified atom stereocenters. The van der Waals surface area contributed by atoms with E-state index in [0.717, 1.165) is 57.8 Å². The normalized spacial score (nSPS) is 15.0. The van der Waals surface area contributed by atoms with Gasteiger partial charge >= 0.3 is 0 Å². The molecule has 190 valence electrons. The molecule has 3 N–H and O–H groups in total. The van der Waals surface area contributed by atoms with Crippen molar-refractivity contribution in [2.24, 2.45) is 0 Å². The molecule has 0 atom stereocenters. The van der Waals surface area contributed by atoms with Crippen molar-refractivity contribution in [2.75, 3.05) is 56.9 Å². The number of hydrogen-bond donors (Lipinski definition) is 3. The summed E-state index contributed by atoms with van der Waals surface area (Å²) in [7, 11) is 2.18. The standard InChI is InChI=1S/C27H40N6O2/c1-21(35-27(2,3)4)30-23-9-6-7-10-24(23)31-26(34)25-12-11-22(20-29-25)19-28-13-8-14-33-17-15-32(5)16-18-33/h6-7,9-12,20,28,30H,1,8,13-19H2,2-5H3,(H,31,34). The number of amides is 1. The fourth-order valence-electron chi connectivity index (χ4n) is 3.83. The summed E-state index contributed by atoms with van der Waals surface area (Å²) in [6.45, 7) is 17.2. The van der Waals surface area contributed by atoms with Crippen LogP contribution < -0.4 is 16.0 Å². The molecule has 1 saturated heterocycles. The number of nitrogens with one attached hydrogen (secondary N) is 3. The Morgan fingerprint density at radius 1 is 1.06 bits per heavy atom. The van der Waals surface area contributed by atoms with Crippen LogP contribution in [0.25, 0.3) is 0 Å². The topological polar surface area (TPSA) is 81.8 Å². The summed E-state index contributed by atoms with van der Waals surface area (Å²) < 4.78 is 5.74. The Morgan fingerprint density at radius 2 is 1.74 bits per heavy atom. The molecule has 2 heterocycles. The van der Waals surface area contributed by atoms with E-state index in [9.17, 15) is 4.79 Å². The van der Waals surface area contributed by atoms with Crippen LogP contribution in [-0.2, 0) is 11.3 Å². The lowest BCUT2D eigenvalue weighted by molar-refractivity contribution is 0.0565. The van der Waals surface area contributed by atoms with E-state index in [1.807, 2.05) is 51.1 Å². The number of aromatic nitrogens is 1. The number of nitrogens with zero attached hydrogens (tertiary/aromatic N) is 3. The van der Waals surface area contributed by atoms with Gasteiger partial charge < -0.3 is 30.5 Å². The predicted octanol–water partition coefficient (Wildman–Crippen LogP) is 3.76. The SMILES string of the molecule is C=C(Nc1ccccc1NC(=O)c1ccc(CNCCCN2CCN(C)CC2)cn1)OC(C)(C)C. The third kappa shape index (κ3) is 9.32. The molecule has 1 fully saturated rings. The molecular formula is C27H40N6O2. The Kier molecular flexibility index (Phi) is 9.65. The van der Waals surface area contributed by atoms with Crippen LogP contribution >= 0.6 is 0 Å². The zero-order valence-corrected chi connectivity index (χ0v) is 21.6. The molecule has 1 amide bonds. The average Bonchev–Trinajstić information content (AvgIpc) is 2.80. The minimum absolute atomic E-state index is 0.270. The third-order valence-electron chi connectivity index (χ3n) is 5.69. The van der Waals surface area contributed by atoms with Gasteiger partial charge in [-0.2, -0.15) is 0 Å². The summed E-state index contributed by atoms with van der Waals surface area (Å²) in [5.74, 6) is 0.144. The average molecular weight is 481 g/mol. The maximum atomic E-state index is 12.8. The molecule has 0 saturated carbocycles. The largest absolute Gasteiger partial charge is 0.474 e. The number of carbonyl (C=O) groups is 1. The van der Waals surface area contributed by atoms with Crippen molar-refractivity contribution in [3.05, 3.63) is 66.3 Å². The number of piperazine rings is 1. The highest BCUT2D eigenvalue weighted by Crippen LogP contribution is 2.24. The maximum Gasteiger partial charge on any atom is 0.274 e. The van der Waals surface area contributed by atoms with Gasteiger partial charge in [-0.3, -0.25) is 9.78 Å². The van der Waals surface area contributed by atoms with Gasteiger partial charge in [0.2, 0.25) is 0 Å². The number of benzene rings is 1. The summed E-state index contributed by atoms with van der Waals surface area (Å²) in [5.41, 5.74) is 2.38. The van der Waals surface area contributed by atoms with Crippen LogP contribution in [0.2, 0.25) is 0 Å². The molecule has 3 rings (SSSR count). The third-order valence-corrected chi connectivity index (χ3v) is 5.69. The second-order valence-corrected chi connectivity index (χ2v) is 9.99. The molecule has 8 heteroatoms. The van der Waals surface area contributed by atoms with E-state index in [1.165, 1.54) is 0 Å². The van der Waals surface area contributed by atoms with Gasteiger partial charge in [-0.05, 0) is 77.7 Å². The monoisotopic (exact) mass is 480 g/mol. The minimum Gasteiger partial charge on any atom is -0.474 e. The number of likely N-dealkylation sites (N-methyl/N-ethyl adjacent to an activating group) is 1. The Bertz CT molecular complexity index is 962. The zero-order chi connectivity index (χ0) is 25.3. The predicted molar refractivity (Wildman–Crippen MR) is 142 cm³/mol. The van der Waals surface area contributed by atoms with Crippen molar-refractivity contribution in [3.8, 4) is 0 Å². The number of hydrogen-bond acceptors (Lipinski definition) is 7. The van der Waals surface area contributed by atoms with Crippen molar-refractivity contribution < 1.29 is 9.53 Å². The first-order chi connectivity index (χ1) is 16.7. The lowest BCUT2D eigenvalue weighted by Gasteiger charge is -2.32. The lowest BCUT2D eigenvalue weighted by Crippen LogP contribution is -2.45. The summed E-state index contributed by atoms with van der Waals surface area (Å²) in [4.78, 5) is 22.1. The molecule has 0 spiro atoms. The highest BCUT2D eigenvalue weighted by molar-refractivity contribution is 6.04. The van der Waals surface area contributed by atoms with E-state index in [4.69, 9.17) is 4.74 Å². The molecule has 1 aromatic carbocycles. The second-order valence-electron chi connectivity index (χ2n) is 9.99. The van der Waals surface area contributed by atoms with Crippen molar-refractivity contribution in [2.45, 2.75) is 39.3 Å². The Labute approximate surface area is 209 Å². The molecule has 0 aliphatic carbocycles. The molecule has 0 bridgehead atoms. The summed E-state index contributed by atoms with van der Waals surface area (Å²) in [6, 6.07) is 11.1. The summed E-state index contributed by atoms with van der Waals surface area (Å²) in [5, 5.41) is 9.52. The number of pyridine rings is 1. The molecule has 1 aliphatic rings. The van der Waals surface area contributed by atoms with Gasteiger partial charge in [0.25, 0.3) is 5.91 Å². The zero-order valence-electron chi connectivity index (χ0n) is 21.6. The van der Waals surface area contributed by atoms with Crippen LogP contribution in [-0.4, -0.2) is 72.6 Å². The second kappa shape index (κ2) is 12.7. The molecule has 1 aliphatic heterocycles. The Hall–Kier alpha value is -2.94. The van der Waals surface area contributed by atoms with Gasteiger partial charge in [-0.1, -0.05) is 18.2 Å². The highest BCUT2D eigenvalue weighted by atomic mass is 16.5. The molecule has 8 nitrogen and oxygen atoms in total. The van der Waals surface area contributed by atoms with E-state index in [2.05, 4.69) is 44.4 Å². The maximum absolute atomic E-state index is 12.8. The summed E-state index contributed by atoms with van der Waals surface area (Å²) >= 11 is 0. The first-order valence-electron chi connectivity index (χ1n) is 12.3. The number of carbonyl (C=O) groups excluding carboxylic acids is 1. The van der Waals surface area contributed by atoms with Crippen LogP contribution in [0.4, 0.5) is 11.4 Å². The van der Waals surface area contributed by atoms with Crippen LogP contribution in [0.1, 0.15) is 43.2 Å². The van der Waals surface area contributed by atoms with Gasteiger partial charge in [0.05, 0.1) is 11.4 Å². The van der Waals surface area contributed by atoms with Crippen LogP contribution in [0.5, 0.6) is 0 Å². The van der Waals surface area contributed by atoms with E-state index in [0.29, 0.717) is 23.0 Å². The van der Waals surface area contributed by atoms with Crippen LogP contribution in [0.15, 0.2) is 55.1 Å². The fourth-order valence-corrected chi connectivity index (χ4v) is 3.83. The van der Waals surface area contributed by atoms with Crippen molar-refractivity contribution in [3.63, 3.8) is 0 Å².